The largest absolute Gasteiger partial charge is 0.493 e. The van der Waals surface area contributed by atoms with E-state index in [1.807, 2.05) is 130 Å². The lowest BCUT2D eigenvalue weighted by Gasteiger charge is -2.36. The smallest absolute Gasteiger partial charge is 0.408 e. The lowest BCUT2D eigenvalue weighted by Crippen LogP contribution is -2.40. The highest BCUT2D eigenvalue weighted by molar-refractivity contribution is 6.74. The SMILES string of the molecule is CCCC[C@H](NC(=O)OC(C)(C)C)c1cccc(-c2cc(OCC)c3cnn(-c4cccc(CO[Si](C)(C)C(C)(C)C)n4)c3c2)n1.CCOc1cc(-c2cccc([C@@H](N)CCCO)n2)cc2c1cnn2-c1cccc(CO)n1. The van der Waals surface area contributed by atoms with E-state index in [0.29, 0.717) is 55.7 Å². The van der Waals surface area contributed by atoms with Crippen LogP contribution in [0.25, 0.3) is 56.0 Å². The predicted molar refractivity (Wildman–Crippen MR) is 309 cm³/mol. The minimum atomic E-state index is -1.93. The van der Waals surface area contributed by atoms with E-state index in [9.17, 15) is 9.90 Å². The molecule has 0 radical (unpaired) electrons. The molecule has 6 heterocycles. The number of carbonyl (C=O) groups excluding carboxylic acids is 1. The van der Waals surface area contributed by atoms with Crippen LogP contribution in [0.15, 0.2) is 109 Å². The van der Waals surface area contributed by atoms with Crippen molar-refractivity contribution in [1.29, 1.82) is 0 Å². The van der Waals surface area contributed by atoms with Gasteiger partial charge in [-0.1, -0.05) is 64.8 Å². The third-order valence-electron chi connectivity index (χ3n) is 13.5. The van der Waals surface area contributed by atoms with E-state index in [0.717, 1.165) is 86.4 Å². The number of nitrogens with one attached hydrogen (secondary N) is 1. The normalized spacial score (nSPS) is 12.7. The van der Waals surface area contributed by atoms with Crippen molar-refractivity contribution in [3.8, 4) is 45.6 Å². The van der Waals surface area contributed by atoms with Gasteiger partial charge in [0, 0.05) is 23.8 Å². The molecule has 1 amide bonds. The fourth-order valence-electron chi connectivity index (χ4n) is 8.45. The van der Waals surface area contributed by atoms with E-state index < -0.39 is 20.0 Å². The molecule has 5 N–H and O–H groups in total. The summed E-state index contributed by atoms with van der Waals surface area (Å²) in [6.45, 7) is 24.3. The van der Waals surface area contributed by atoms with Crippen LogP contribution in [-0.4, -0.2) is 89.5 Å². The second-order valence-electron chi connectivity index (χ2n) is 21.7. The monoisotopic (exact) mass is 1080 g/mol. The zero-order valence-corrected chi connectivity index (χ0v) is 48.2. The van der Waals surface area contributed by atoms with E-state index in [1.165, 1.54) is 0 Å². The molecule has 8 rings (SSSR count). The molecule has 78 heavy (non-hydrogen) atoms. The molecule has 2 atom stereocenters. The number of benzene rings is 2. The molecule has 0 saturated carbocycles. The molecule has 17 nitrogen and oxygen atoms in total. The molecule has 0 spiro atoms. The number of aliphatic hydroxyl groups is 2. The average Bonchev–Trinajstić information content (AvgIpc) is 4.08. The molecule has 18 heteroatoms. The third-order valence-corrected chi connectivity index (χ3v) is 18.0. The van der Waals surface area contributed by atoms with Crippen LogP contribution in [0, 0.1) is 0 Å². The number of aromatic nitrogens is 8. The number of carbonyl (C=O) groups is 1. The highest BCUT2D eigenvalue weighted by Gasteiger charge is 2.37. The van der Waals surface area contributed by atoms with Gasteiger partial charge in [0.25, 0.3) is 0 Å². The summed E-state index contributed by atoms with van der Waals surface area (Å²) in [5, 5.41) is 32.7. The zero-order valence-electron chi connectivity index (χ0n) is 47.2. The summed E-state index contributed by atoms with van der Waals surface area (Å²) in [5.41, 5.74) is 13.6. The van der Waals surface area contributed by atoms with Crippen LogP contribution in [0.3, 0.4) is 0 Å². The minimum Gasteiger partial charge on any atom is -0.493 e. The highest BCUT2D eigenvalue weighted by Crippen LogP contribution is 2.38. The van der Waals surface area contributed by atoms with Crippen molar-refractivity contribution >= 4 is 36.2 Å². The van der Waals surface area contributed by atoms with E-state index in [4.69, 9.17) is 49.5 Å². The number of alkyl carbamates (subject to hydrolysis) is 1. The average molecular weight is 1080 g/mol. The molecule has 0 fully saturated rings. The Labute approximate surface area is 459 Å². The molecule has 0 unspecified atom stereocenters. The van der Waals surface area contributed by atoms with Gasteiger partial charge in [-0.2, -0.15) is 10.2 Å². The molecular weight excluding hydrogens is 1000 g/mol. The molecular formula is C60H78N10O7Si. The molecule has 8 aromatic rings. The molecule has 414 valence electrons. The second-order valence-corrected chi connectivity index (χ2v) is 26.5. The Morgan fingerprint density at radius 3 is 1.72 bits per heavy atom. The van der Waals surface area contributed by atoms with Crippen LogP contribution in [0.5, 0.6) is 11.5 Å². The van der Waals surface area contributed by atoms with Crippen LogP contribution in [0.1, 0.15) is 129 Å². The van der Waals surface area contributed by atoms with Gasteiger partial charge < -0.3 is 39.9 Å². The number of ether oxygens (including phenoxy) is 3. The van der Waals surface area contributed by atoms with Crippen LogP contribution < -0.4 is 20.5 Å². The van der Waals surface area contributed by atoms with Crippen LogP contribution in [0.4, 0.5) is 4.79 Å². The second kappa shape index (κ2) is 26.0. The van der Waals surface area contributed by atoms with Gasteiger partial charge in [0.2, 0.25) is 0 Å². The van der Waals surface area contributed by atoms with Gasteiger partial charge >= 0.3 is 6.09 Å². The fourth-order valence-corrected chi connectivity index (χ4v) is 9.39. The maximum Gasteiger partial charge on any atom is 0.408 e. The first-order valence-electron chi connectivity index (χ1n) is 27.0. The molecule has 0 saturated heterocycles. The van der Waals surface area contributed by atoms with Crippen molar-refractivity contribution in [3.05, 3.63) is 132 Å². The van der Waals surface area contributed by atoms with Crippen LogP contribution >= 0.6 is 0 Å². The number of amides is 1. The molecule has 0 aliphatic carbocycles. The number of unbranched alkanes of at least 4 members (excludes halogenated alkanes) is 1. The first-order valence-corrected chi connectivity index (χ1v) is 29.9. The minimum absolute atomic E-state index is 0.108. The van der Waals surface area contributed by atoms with Gasteiger partial charge in [-0.05, 0) is 145 Å². The van der Waals surface area contributed by atoms with Gasteiger partial charge in [-0.25, -0.2) is 24.1 Å². The summed E-state index contributed by atoms with van der Waals surface area (Å²) in [6, 6.07) is 30.6. The first-order chi connectivity index (χ1) is 37.3. The number of pyridine rings is 4. The van der Waals surface area contributed by atoms with Crippen molar-refractivity contribution in [3.63, 3.8) is 0 Å². The van der Waals surface area contributed by atoms with Gasteiger partial charge in [-0.15, -0.1) is 0 Å². The summed E-state index contributed by atoms with van der Waals surface area (Å²) >= 11 is 0. The fraction of sp³-hybridized carbons (Fsp3) is 0.417. The number of nitrogens with two attached hydrogens (primary N) is 1. The molecule has 6 aromatic heterocycles. The lowest BCUT2D eigenvalue weighted by atomic mass is 10.0. The Morgan fingerprint density at radius 1 is 0.679 bits per heavy atom. The third kappa shape index (κ3) is 14.7. The summed E-state index contributed by atoms with van der Waals surface area (Å²) in [7, 11) is -1.93. The van der Waals surface area contributed by atoms with E-state index in [-0.39, 0.29) is 30.3 Å². The lowest BCUT2D eigenvalue weighted by molar-refractivity contribution is 0.0499. The van der Waals surface area contributed by atoms with Gasteiger partial charge in [0.15, 0.2) is 20.0 Å². The van der Waals surface area contributed by atoms with Gasteiger partial charge in [0.05, 0.1) is 101 Å². The molecule has 2 aromatic carbocycles. The van der Waals surface area contributed by atoms with Crippen molar-refractivity contribution in [1.82, 2.24) is 44.8 Å². The van der Waals surface area contributed by atoms with Crippen molar-refractivity contribution in [2.75, 3.05) is 19.8 Å². The van der Waals surface area contributed by atoms with Crippen molar-refractivity contribution in [2.24, 2.45) is 5.73 Å². The molecule has 0 aliphatic heterocycles. The Bertz CT molecular complexity index is 3270. The quantitative estimate of drug-likeness (QED) is 0.0492. The van der Waals surface area contributed by atoms with E-state index >= 15 is 0 Å². The number of fused-ring (bicyclic) bond motifs is 2. The standard InChI is InChI=1S/C36H51N5O4Si.C24H27N5O3/c1-11-13-17-30(40-34(42)45-35(3,4)5)29-19-15-18-28(39-29)25-21-31-27(32(22-25)43-12-2)23-37-41(31)33-20-14-16-26(38-33)24-44-46(9,10)36(6,7)8;1-2-32-23-13-16(20-8-4-9-21(28-20)19(25)7-5-11-30)12-22-18(23)14-26-29(22)24-10-3-6-17(15-31)27-24/h14-16,18-23,30H,11-13,17,24H2,1-10H3,(H,40,42);3-4,6,8-10,12-14,19,30-31H,2,5,7,11,15,25H2,1H3/t30-;19-/m00/s1. The van der Waals surface area contributed by atoms with E-state index in [1.54, 1.807) is 16.9 Å². The van der Waals surface area contributed by atoms with Crippen molar-refractivity contribution < 1.29 is 33.6 Å². The van der Waals surface area contributed by atoms with E-state index in [2.05, 4.69) is 62.3 Å². The van der Waals surface area contributed by atoms with Crippen molar-refractivity contribution in [2.45, 2.75) is 143 Å². The Kier molecular flexibility index (Phi) is 19.6. The number of rotatable bonds is 21. The maximum absolute atomic E-state index is 12.7. The number of nitrogens with zero attached hydrogens (tertiary/aromatic N) is 8. The molecule has 0 bridgehead atoms. The van der Waals surface area contributed by atoms with Gasteiger partial charge in [0.1, 0.15) is 17.1 Å². The predicted octanol–water partition coefficient (Wildman–Crippen LogP) is 12.3. The topological polar surface area (TPSA) is 220 Å². The summed E-state index contributed by atoms with van der Waals surface area (Å²) in [5.74, 6) is 2.74. The maximum atomic E-state index is 12.7. The van der Waals surface area contributed by atoms with Crippen LogP contribution in [0.2, 0.25) is 18.1 Å². The zero-order chi connectivity index (χ0) is 56.2. The first kappa shape index (κ1) is 58.6. The molecule has 0 aliphatic rings. The Morgan fingerprint density at radius 2 is 1.21 bits per heavy atom. The Balaban J connectivity index is 0.000000241. The van der Waals surface area contributed by atoms with Crippen LogP contribution in [-0.2, 0) is 22.4 Å². The highest BCUT2D eigenvalue weighted by atomic mass is 28.4. The van der Waals surface area contributed by atoms with Gasteiger partial charge in [-0.3, -0.25) is 9.97 Å². The number of hydrogen-bond acceptors (Lipinski definition) is 14. The summed E-state index contributed by atoms with van der Waals surface area (Å²) in [6.07, 6.45) is 7.12. The number of aliphatic hydroxyl groups excluding tert-OH is 2. The summed E-state index contributed by atoms with van der Waals surface area (Å²) in [4.78, 5) is 32.0. The summed E-state index contributed by atoms with van der Waals surface area (Å²) < 4.78 is 27.6. The Hall–Kier alpha value is -7.09. The number of hydrogen-bond donors (Lipinski definition) is 4.